The highest BCUT2D eigenvalue weighted by Crippen LogP contribution is 2.42. The van der Waals surface area contributed by atoms with Crippen LogP contribution in [0.25, 0.3) is 0 Å². The lowest BCUT2D eigenvalue weighted by Crippen LogP contribution is -2.55. The van der Waals surface area contributed by atoms with Gasteiger partial charge in [0.25, 0.3) is 0 Å². The molecule has 0 N–H and O–H groups in total. The molecule has 0 spiro atoms. The fourth-order valence-electron chi connectivity index (χ4n) is 3.58. The summed E-state index contributed by atoms with van der Waals surface area (Å²) in [6, 6.07) is 6.45. The number of likely N-dealkylation sites (N-methyl/N-ethyl adjacent to an activating group) is 2. The standard InChI is InChI=1S/C16H22FN3O2/c1-16(10-9-13(21)19(16)3)15-18(2)14(20(4)22-15)11-5-7-12(17)8-6-11/h5-8,14-15H,9-10H2,1-4H3. The quantitative estimate of drug-likeness (QED) is 0.837. The predicted molar refractivity (Wildman–Crippen MR) is 79.9 cm³/mol. The van der Waals surface area contributed by atoms with Crippen LogP contribution >= 0.6 is 0 Å². The number of benzene rings is 1. The summed E-state index contributed by atoms with van der Waals surface area (Å²) in [5.74, 6) is -0.106. The Kier molecular flexibility index (Phi) is 3.71. The molecule has 22 heavy (non-hydrogen) atoms. The number of halogens is 1. The fraction of sp³-hybridized carbons (Fsp3) is 0.562. The van der Waals surface area contributed by atoms with E-state index in [1.165, 1.54) is 12.1 Å². The van der Waals surface area contributed by atoms with Gasteiger partial charge in [-0.2, -0.15) is 5.06 Å². The molecular weight excluding hydrogens is 285 g/mol. The van der Waals surface area contributed by atoms with Crippen molar-refractivity contribution in [3.8, 4) is 0 Å². The SMILES string of the molecule is CN1OC(C2(C)CCC(=O)N2C)N(C)C1c1ccc(F)cc1. The van der Waals surface area contributed by atoms with Gasteiger partial charge in [0.05, 0.1) is 5.54 Å². The molecule has 2 aliphatic rings. The van der Waals surface area contributed by atoms with E-state index in [9.17, 15) is 9.18 Å². The van der Waals surface area contributed by atoms with E-state index in [0.29, 0.717) is 6.42 Å². The second-order valence-electron chi connectivity index (χ2n) is 6.40. The number of carbonyl (C=O) groups is 1. The van der Waals surface area contributed by atoms with Crippen LogP contribution in [0.4, 0.5) is 4.39 Å². The summed E-state index contributed by atoms with van der Waals surface area (Å²) in [6.07, 6.45) is 0.975. The van der Waals surface area contributed by atoms with Gasteiger partial charge in [0.2, 0.25) is 5.91 Å². The van der Waals surface area contributed by atoms with Crippen LogP contribution in [0.15, 0.2) is 24.3 Å². The van der Waals surface area contributed by atoms with E-state index in [1.54, 1.807) is 22.1 Å². The maximum absolute atomic E-state index is 13.1. The molecule has 6 heteroatoms. The Morgan fingerprint density at radius 2 is 1.86 bits per heavy atom. The monoisotopic (exact) mass is 307 g/mol. The predicted octanol–water partition coefficient (Wildman–Crippen LogP) is 1.97. The van der Waals surface area contributed by atoms with Crippen LogP contribution in [0.3, 0.4) is 0 Å². The molecule has 0 saturated carbocycles. The van der Waals surface area contributed by atoms with Crippen LogP contribution in [-0.4, -0.2) is 53.7 Å². The van der Waals surface area contributed by atoms with E-state index in [-0.39, 0.29) is 29.7 Å². The van der Waals surface area contributed by atoms with Gasteiger partial charge in [-0.15, -0.1) is 0 Å². The topological polar surface area (TPSA) is 36.0 Å². The van der Waals surface area contributed by atoms with E-state index >= 15 is 0 Å². The van der Waals surface area contributed by atoms with Gasteiger partial charge < -0.3 is 4.90 Å². The number of hydrogen-bond acceptors (Lipinski definition) is 4. The number of nitrogens with zero attached hydrogens (tertiary/aromatic N) is 3. The van der Waals surface area contributed by atoms with E-state index < -0.39 is 0 Å². The van der Waals surface area contributed by atoms with Gasteiger partial charge in [-0.3, -0.25) is 14.5 Å². The lowest BCUT2D eigenvalue weighted by atomic mass is 9.95. The van der Waals surface area contributed by atoms with Crippen LogP contribution in [0, 0.1) is 5.82 Å². The number of amides is 1. The number of hydrogen-bond donors (Lipinski definition) is 0. The molecule has 3 unspecified atom stereocenters. The first-order valence-electron chi connectivity index (χ1n) is 7.48. The normalized spacial score (nSPS) is 33.9. The highest BCUT2D eigenvalue weighted by atomic mass is 19.1. The number of hydroxylamine groups is 2. The van der Waals surface area contributed by atoms with Crippen LogP contribution in [0.1, 0.15) is 31.5 Å². The van der Waals surface area contributed by atoms with Gasteiger partial charge in [0, 0.05) is 20.5 Å². The molecule has 3 rings (SSSR count). The zero-order valence-corrected chi connectivity index (χ0v) is 13.4. The summed E-state index contributed by atoms with van der Waals surface area (Å²) in [5.41, 5.74) is 0.596. The highest BCUT2D eigenvalue weighted by Gasteiger charge is 2.53. The molecule has 1 aromatic rings. The summed E-state index contributed by atoms with van der Waals surface area (Å²) in [6.45, 7) is 2.06. The molecule has 3 atom stereocenters. The largest absolute Gasteiger partial charge is 0.336 e. The third-order valence-corrected chi connectivity index (χ3v) is 5.05. The average molecular weight is 307 g/mol. The minimum absolute atomic E-state index is 0.105. The second kappa shape index (κ2) is 5.30. The third kappa shape index (κ3) is 2.22. The van der Waals surface area contributed by atoms with Crippen molar-refractivity contribution in [2.75, 3.05) is 21.1 Å². The third-order valence-electron chi connectivity index (χ3n) is 5.05. The molecule has 0 aromatic heterocycles. The summed E-state index contributed by atoms with van der Waals surface area (Å²) >= 11 is 0. The molecule has 0 bridgehead atoms. The summed E-state index contributed by atoms with van der Waals surface area (Å²) in [4.78, 5) is 21.9. The van der Waals surface area contributed by atoms with Crippen LogP contribution in [0.2, 0.25) is 0 Å². The van der Waals surface area contributed by atoms with Gasteiger partial charge in [-0.1, -0.05) is 12.1 Å². The Labute approximate surface area is 130 Å². The highest BCUT2D eigenvalue weighted by molar-refractivity contribution is 5.79. The molecule has 2 saturated heterocycles. The van der Waals surface area contributed by atoms with Gasteiger partial charge in [0.15, 0.2) is 6.23 Å². The Morgan fingerprint density at radius 1 is 1.23 bits per heavy atom. The Balaban J connectivity index is 1.88. The first kappa shape index (κ1) is 15.4. The molecule has 5 nitrogen and oxygen atoms in total. The molecule has 1 aromatic carbocycles. The zero-order chi connectivity index (χ0) is 16.1. The van der Waals surface area contributed by atoms with Crippen molar-refractivity contribution in [3.05, 3.63) is 35.6 Å². The smallest absolute Gasteiger partial charge is 0.222 e. The van der Waals surface area contributed by atoms with Crippen molar-refractivity contribution in [3.63, 3.8) is 0 Å². The van der Waals surface area contributed by atoms with E-state index in [0.717, 1.165) is 12.0 Å². The molecule has 0 aliphatic carbocycles. The summed E-state index contributed by atoms with van der Waals surface area (Å²) in [5, 5.41) is 1.78. The van der Waals surface area contributed by atoms with Gasteiger partial charge in [-0.25, -0.2) is 4.39 Å². The molecule has 120 valence electrons. The minimum atomic E-state index is -0.366. The van der Waals surface area contributed by atoms with Crippen molar-refractivity contribution in [1.82, 2.24) is 14.9 Å². The van der Waals surface area contributed by atoms with Gasteiger partial charge >= 0.3 is 0 Å². The van der Waals surface area contributed by atoms with Crippen molar-refractivity contribution < 1.29 is 14.0 Å². The number of rotatable bonds is 2. The maximum Gasteiger partial charge on any atom is 0.222 e. The van der Waals surface area contributed by atoms with Gasteiger partial charge in [-0.05, 0) is 38.1 Å². The van der Waals surface area contributed by atoms with E-state index in [1.807, 2.05) is 21.1 Å². The van der Waals surface area contributed by atoms with E-state index in [2.05, 4.69) is 11.8 Å². The van der Waals surface area contributed by atoms with Crippen molar-refractivity contribution in [1.29, 1.82) is 0 Å². The molecule has 2 aliphatic heterocycles. The second-order valence-corrected chi connectivity index (χ2v) is 6.40. The molecule has 1 amide bonds. The average Bonchev–Trinajstić information content (AvgIpc) is 2.93. The van der Waals surface area contributed by atoms with Crippen LogP contribution in [0.5, 0.6) is 0 Å². The minimum Gasteiger partial charge on any atom is -0.336 e. The Bertz CT molecular complexity index is 579. The Hall–Kier alpha value is -1.50. The van der Waals surface area contributed by atoms with Gasteiger partial charge in [0.1, 0.15) is 12.0 Å². The number of likely N-dealkylation sites (tertiary alicyclic amines) is 1. The molecular formula is C16H22FN3O2. The zero-order valence-electron chi connectivity index (χ0n) is 13.4. The fourth-order valence-corrected chi connectivity index (χ4v) is 3.58. The molecule has 0 radical (unpaired) electrons. The first-order valence-corrected chi connectivity index (χ1v) is 7.48. The summed E-state index contributed by atoms with van der Waals surface area (Å²) < 4.78 is 13.1. The van der Waals surface area contributed by atoms with Crippen molar-refractivity contribution in [2.45, 2.75) is 37.7 Å². The lowest BCUT2D eigenvalue weighted by Gasteiger charge is -2.39. The molecule has 2 heterocycles. The first-order chi connectivity index (χ1) is 10.3. The lowest BCUT2D eigenvalue weighted by molar-refractivity contribution is -0.182. The van der Waals surface area contributed by atoms with Crippen molar-refractivity contribution >= 4 is 5.91 Å². The molecule has 2 fully saturated rings. The number of carbonyl (C=O) groups excluding carboxylic acids is 1. The Morgan fingerprint density at radius 3 is 2.41 bits per heavy atom. The van der Waals surface area contributed by atoms with Crippen molar-refractivity contribution in [2.24, 2.45) is 0 Å². The maximum atomic E-state index is 13.1. The van der Waals surface area contributed by atoms with Crippen LogP contribution in [-0.2, 0) is 9.63 Å². The van der Waals surface area contributed by atoms with E-state index in [4.69, 9.17) is 4.84 Å². The van der Waals surface area contributed by atoms with Crippen LogP contribution < -0.4 is 0 Å². The summed E-state index contributed by atoms with van der Waals surface area (Å²) in [7, 11) is 5.67.